The van der Waals surface area contributed by atoms with E-state index in [-0.39, 0.29) is 11.7 Å². The number of aliphatic carboxylic acids is 1. The van der Waals surface area contributed by atoms with Gasteiger partial charge in [0.15, 0.2) is 0 Å². The van der Waals surface area contributed by atoms with Crippen LogP contribution in [0.25, 0.3) is 0 Å². The number of carboxylic acids is 1. The van der Waals surface area contributed by atoms with E-state index in [1.165, 1.54) is 11.3 Å². The second kappa shape index (κ2) is 4.14. The van der Waals surface area contributed by atoms with Gasteiger partial charge in [-0.15, -0.1) is 0 Å². The fourth-order valence-electron chi connectivity index (χ4n) is 1.94. The van der Waals surface area contributed by atoms with Crippen molar-refractivity contribution in [1.82, 2.24) is 0 Å². The Balaban J connectivity index is 2.01. The van der Waals surface area contributed by atoms with Gasteiger partial charge in [0, 0.05) is 12.8 Å². The van der Waals surface area contributed by atoms with Crippen LogP contribution in [0.1, 0.15) is 30.7 Å². The number of ketones is 1. The first-order valence-electron chi connectivity index (χ1n) is 4.93. The molecule has 0 amide bonds. The molecule has 4 heteroatoms. The molecule has 1 aromatic rings. The summed E-state index contributed by atoms with van der Waals surface area (Å²) in [7, 11) is 0. The first kappa shape index (κ1) is 10.4. The summed E-state index contributed by atoms with van der Waals surface area (Å²) in [5.41, 5.74) is 0.867. The molecule has 0 aromatic carbocycles. The minimum atomic E-state index is -0.784. The number of carbonyl (C=O) groups is 2. The summed E-state index contributed by atoms with van der Waals surface area (Å²) >= 11 is 1.51. The van der Waals surface area contributed by atoms with Crippen LogP contribution in [0.5, 0.6) is 0 Å². The molecule has 0 saturated heterocycles. The minimum Gasteiger partial charge on any atom is -0.481 e. The molecule has 1 aliphatic rings. The van der Waals surface area contributed by atoms with E-state index >= 15 is 0 Å². The lowest BCUT2D eigenvalue weighted by Crippen LogP contribution is -2.27. The van der Waals surface area contributed by atoms with Gasteiger partial charge < -0.3 is 5.11 Å². The van der Waals surface area contributed by atoms with E-state index < -0.39 is 11.9 Å². The summed E-state index contributed by atoms with van der Waals surface area (Å²) in [4.78, 5) is 21.9. The zero-order chi connectivity index (χ0) is 10.8. The molecule has 0 bridgehead atoms. The molecule has 1 saturated carbocycles. The molecule has 3 nitrogen and oxygen atoms in total. The van der Waals surface area contributed by atoms with Crippen molar-refractivity contribution in [2.75, 3.05) is 0 Å². The maximum Gasteiger partial charge on any atom is 0.311 e. The van der Waals surface area contributed by atoms with Gasteiger partial charge in [-0.1, -0.05) is 0 Å². The molecule has 0 aliphatic heterocycles. The van der Waals surface area contributed by atoms with Crippen LogP contribution in [0, 0.1) is 5.92 Å². The van der Waals surface area contributed by atoms with Crippen LogP contribution >= 0.6 is 11.3 Å². The van der Waals surface area contributed by atoms with Crippen LogP contribution in [0.4, 0.5) is 0 Å². The van der Waals surface area contributed by atoms with E-state index in [9.17, 15) is 9.59 Å². The molecule has 15 heavy (non-hydrogen) atoms. The van der Waals surface area contributed by atoms with Crippen LogP contribution in [-0.4, -0.2) is 16.9 Å². The molecule has 0 radical (unpaired) electrons. The summed E-state index contributed by atoms with van der Waals surface area (Å²) in [5.74, 6) is -0.685. The summed E-state index contributed by atoms with van der Waals surface area (Å²) in [6.07, 6.45) is 1.72. The number of carbonyl (C=O) groups excluding carboxylic acids is 1. The molecule has 1 unspecified atom stereocenters. The topological polar surface area (TPSA) is 54.4 Å². The Bertz CT molecular complexity index is 361. The Kier molecular flexibility index (Phi) is 2.86. The lowest BCUT2D eigenvalue weighted by molar-refractivity contribution is -0.140. The van der Waals surface area contributed by atoms with Crippen molar-refractivity contribution in [1.29, 1.82) is 0 Å². The molecule has 1 aromatic heterocycles. The van der Waals surface area contributed by atoms with Gasteiger partial charge in [-0.05, 0) is 34.7 Å². The van der Waals surface area contributed by atoms with Gasteiger partial charge >= 0.3 is 5.97 Å². The average Bonchev–Trinajstić information content (AvgIpc) is 2.62. The van der Waals surface area contributed by atoms with Crippen molar-refractivity contribution in [3.63, 3.8) is 0 Å². The standard InChI is InChI=1S/C11H12O3S/c12-9-3-7(4-9)5-10(11(13)14)8-1-2-15-6-8/h1-2,6-7,10H,3-5H2,(H,13,14). The summed E-state index contributed by atoms with van der Waals surface area (Å²) < 4.78 is 0. The SMILES string of the molecule is O=C1CC(CC(C(=O)O)c2ccsc2)C1. The predicted octanol–water partition coefficient (Wildman–Crippen LogP) is 2.29. The molecule has 1 N–H and O–H groups in total. The van der Waals surface area contributed by atoms with Crippen molar-refractivity contribution in [3.05, 3.63) is 22.4 Å². The van der Waals surface area contributed by atoms with Crippen LogP contribution in [0.15, 0.2) is 16.8 Å². The lowest BCUT2D eigenvalue weighted by Gasteiger charge is -2.26. The predicted molar refractivity (Wildman–Crippen MR) is 57.0 cm³/mol. The summed E-state index contributed by atoms with van der Waals surface area (Å²) in [6, 6.07) is 1.85. The molecule has 1 heterocycles. The number of hydrogen-bond acceptors (Lipinski definition) is 3. The third-order valence-electron chi connectivity index (χ3n) is 2.85. The minimum absolute atomic E-state index is 0.259. The van der Waals surface area contributed by atoms with Gasteiger partial charge in [-0.3, -0.25) is 9.59 Å². The van der Waals surface area contributed by atoms with Gasteiger partial charge in [-0.2, -0.15) is 11.3 Å². The van der Waals surface area contributed by atoms with Gasteiger partial charge in [0.2, 0.25) is 0 Å². The molecule has 1 fully saturated rings. The normalized spacial score (nSPS) is 18.5. The fraction of sp³-hybridized carbons (Fsp3) is 0.455. The van der Waals surface area contributed by atoms with Gasteiger partial charge in [-0.25, -0.2) is 0 Å². The van der Waals surface area contributed by atoms with Gasteiger partial charge in [0.05, 0.1) is 5.92 Å². The van der Waals surface area contributed by atoms with Gasteiger partial charge in [0.25, 0.3) is 0 Å². The third-order valence-corrected chi connectivity index (χ3v) is 3.55. The molecule has 1 atom stereocenters. The Morgan fingerprint density at radius 2 is 2.33 bits per heavy atom. The summed E-state index contributed by atoms with van der Waals surface area (Å²) in [5, 5.41) is 12.9. The molecular formula is C11H12O3S. The monoisotopic (exact) mass is 224 g/mol. The summed E-state index contributed by atoms with van der Waals surface area (Å²) in [6.45, 7) is 0. The van der Waals surface area contributed by atoms with Gasteiger partial charge in [0.1, 0.15) is 5.78 Å². The Morgan fingerprint density at radius 3 is 2.80 bits per heavy atom. The van der Waals surface area contributed by atoms with Crippen LogP contribution in [-0.2, 0) is 9.59 Å². The fourth-order valence-corrected chi connectivity index (χ4v) is 2.65. The highest BCUT2D eigenvalue weighted by Crippen LogP contribution is 2.34. The van der Waals surface area contributed by atoms with E-state index in [1.807, 2.05) is 16.8 Å². The second-order valence-electron chi connectivity index (χ2n) is 4.00. The van der Waals surface area contributed by atoms with Crippen molar-refractivity contribution < 1.29 is 14.7 Å². The third kappa shape index (κ3) is 2.26. The zero-order valence-electron chi connectivity index (χ0n) is 8.18. The van der Waals surface area contributed by atoms with Crippen molar-refractivity contribution in [2.45, 2.75) is 25.2 Å². The van der Waals surface area contributed by atoms with E-state index in [0.717, 1.165) is 5.56 Å². The van der Waals surface area contributed by atoms with E-state index in [1.54, 1.807) is 0 Å². The number of thiophene rings is 1. The van der Waals surface area contributed by atoms with E-state index in [0.29, 0.717) is 19.3 Å². The highest BCUT2D eigenvalue weighted by Gasteiger charge is 2.32. The molecule has 80 valence electrons. The molecule has 1 aliphatic carbocycles. The first-order valence-corrected chi connectivity index (χ1v) is 5.87. The number of carboxylic acid groups (broad SMARTS) is 1. The van der Waals surface area contributed by atoms with Crippen LogP contribution in [0.2, 0.25) is 0 Å². The van der Waals surface area contributed by atoms with Crippen LogP contribution in [0.3, 0.4) is 0 Å². The first-order chi connectivity index (χ1) is 7.16. The maximum atomic E-state index is 11.1. The van der Waals surface area contributed by atoms with E-state index in [2.05, 4.69) is 0 Å². The van der Waals surface area contributed by atoms with E-state index in [4.69, 9.17) is 5.11 Å². The smallest absolute Gasteiger partial charge is 0.311 e. The molecule has 2 rings (SSSR count). The quantitative estimate of drug-likeness (QED) is 0.853. The molecule has 0 spiro atoms. The lowest BCUT2D eigenvalue weighted by atomic mass is 9.77. The molecular weight excluding hydrogens is 212 g/mol. The van der Waals surface area contributed by atoms with Crippen molar-refractivity contribution in [3.8, 4) is 0 Å². The average molecular weight is 224 g/mol. The second-order valence-corrected chi connectivity index (χ2v) is 4.78. The maximum absolute atomic E-state index is 11.1. The van der Waals surface area contributed by atoms with Crippen molar-refractivity contribution in [2.24, 2.45) is 5.92 Å². The number of hydrogen-bond donors (Lipinski definition) is 1. The van der Waals surface area contributed by atoms with Crippen molar-refractivity contribution >= 4 is 23.1 Å². The Morgan fingerprint density at radius 1 is 1.60 bits per heavy atom. The number of Topliss-reactive ketones (excluding diaryl/α,β-unsaturated/α-hetero) is 1. The Hall–Kier alpha value is -1.16. The highest BCUT2D eigenvalue weighted by molar-refractivity contribution is 7.08. The van der Waals surface area contributed by atoms with Crippen LogP contribution < -0.4 is 0 Å². The highest BCUT2D eigenvalue weighted by atomic mass is 32.1. The number of rotatable bonds is 4. The zero-order valence-corrected chi connectivity index (χ0v) is 9.00. The largest absolute Gasteiger partial charge is 0.481 e. The Labute approximate surface area is 91.7 Å².